The molecule has 264 valence electrons. The van der Waals surface area contributed by atoms with Crippen LogP contribution in [0.3, 0.4) is 0 Å². The highest BCUT2D eigenvalue weighted by atomic mass is 31.2. The molecule has 0 aliphatic carbocycles. The first kappa shape index (κ1) is 44.1. The fraction of sp³-hybridized carbons (Fsp3) is 0.952. The Bertz CT molecular complexity index is 503. The highest BCUT2D eigenvalue weighted by Gasteiger charge is 2.35. The predicted octanol–water partition coefficient (Wildman–Crippen LogP) is 15.6. The third kappa shape index (κ3) is 32.1. The number of rotatable bonds is 38. The molecule has 0 saturated carbocycles. The van der Waals surface area contributed by atoms with E-state index in [1.807, 2.05) is 0 Å². The van der Waals surface area contributed by atoms with Gasteiger partial charge in [-0.3, -0.25) is 0 Å². The number of hydrogen-bond acceptors (Lipinski definition) is 1. The monoisotopic (exact) mass is 637 g/mol. The van der Waals surface area contributed by atoms with Gasteiger partial charge in [0.25, 0.3) is 0 Å². The van der Waals surface area contributed by atoms with Crippen LogP contribution in [0.2, 0.25) is 0 Å². The van der Waals surface area contributed by atoms with E-state index in [1.165, 1.54) is 230 Å². The molecule has 0 aliphatic heterocycles. The zero-order valence-electron chi connectivity index (χ0n) is 31.6. The highest BCUT2D eigenvalue weighted by molar-refractivity contribution is 7.74. The number of allylic oxidation sites excluding steroid dienone is 2. The van der Waals surface area contributed by atoms with Crippen molar-refractivity contribution >= 4 is 7.41 Å². The Hall–Kier alpha value is 0.130. The minimum absolute atomic E-state index is 1.01. The summed E-state index contributed by atoms with van der Waals surface area (Å²) in [5, 5.41) is 4.39. The molecule has 0 aromatic carbocycles. The first-order valence-electron chi connectivity index (χ1n) is 21.0. The van der Waals surface area contributed by atoms with E-state index in [9.17, 15) is 0 Å². The van der Waals surface area contributed by atoms with Crippen LogP contribution in [0.4, 0.5) is 0 Å². The van der Waals surface area contributed by atoms with Crippen LogP contribution in [0.1, 0.15) is 233 Å². The van der Waals surface area contributed by atoms with Crippen molar-refractivity contribution in [2.75, 3.05) is 25.0 Å². The van der Waals surface area contributed by atoms with Gasteiger partial charge in [0.05, 0.1) is 25.9 Å². The van der Waals surface area contributed by atoms with Gasteiger partial charge >= 0.3 is 0 Å². The normalized spacial score (nSPS) is 12.2. The lowest BCUT2D eigenvalue weighted by Crippen LogP contribution is -2.25. The predicted molar refractivity (Wildman–Crippen MR) is 209 cm³/mol. The summed E-state index contributed by atoms with van der Waals surface area (Å²) in [6.07, 6.45) is 55.3. The van der Waals surface area contributed by atoms with Gasteiger partial charge in [-0.2, -0.15) is 5.09 Å². The maximum atomic E-state index is 4.39. The number of unbranched alkanes of at least 4 members (excludes halogenated alkanes) is 27. The number of hydrogen-bond donors (Lipinski definition) is 1. The summed E-state index contributed by atoms with van der Waals surface area (Å²) in [7, 11) is -1.01. The first-order valence-corrected chi connectivity index (χ1v) is 23.3. The Morgan fingerprint density at radius 3 is 0.932 bits per heavy atom. The summed E-state index contributed by atoms with van der Waals surface area (Å²) in [6.45, 7) is 10.6. The molecule has 1 N–H and O–H groups in total. The van der Waals surface area contributed by atoms with Crippen molar-refractivity contribution in [1.82, 2.24) is 5.09 Å². The van der Waals surface area contributed by atoms with Crippen LogP contribution >= 0.6 is 7.41 Å². The minimum Gasteiger partial charge on any atom is -0.192 e. The molecule has 0 unspecified atom stereocenters. The van der Waals surface area contributed by atoms with Gasteiger partial charge in [-0.1, -0.05) is 175 Å². The zero-order valence-corrected chi connectivity index (χ0v) is 32.5. The van der Waals surface area contributed by atoms with Crippen LogP contribution in [-0.4, -0.2) is 25.0 Å². The Balaban J connectivity index is 4.47. The minimum atomic E-state index is -1.01. The number of nitrogens with one attached hydrogen (secondary N) is 1. The van der Waals surface area contributed by atoms with Crippen LogP contribution in [-0.2, 0) is 0 Å². The highest BCUT2D eigenvalue weighted by Crippen LogP contribution is 2.57. The SMILES string of the molecule is CCCCCCCC/C=C\CCCCCCCCN[P+](CCCCCCCC)(CCCCCCCC)CCCCCCCC. The molecule has 1 nitrogen and oxygen atoms in total. The largest absolute Gasteiger partial charge is 0.192 e. The Kier molecular flexibility index (Phi) is 37.7. The molecule has 0 amide bonds. The lowest BCUT2D eigenvalue weighted by atomic mass is 10.1. The summed E-state index contributed by atoms with van der Waals surface area (Å²) >= 11 is 0. The fourth-order valence-electron chi connectivity index (χ4n) is 6.85. The third-order valence-electron chi connectivity index (χ3n) is 9.95. The molecule has 0 atom stereocenters. The maximum absolute atomic E-state index is 4.39. The second-order valence-corrected chi connectivity index (χ2v) is 18.4. The van der Waals surface area contributed by atoms with Gasteiger partial charge in [0.15, 0.2) is 0 Å². The van der Waals surface area contributed by atoms with E-state index in [0.717, 1.165) is 0 Å². The standard InChI is InChI=1S/C42H87NP/c1-5-9-13-17-21-22-23-24-25-26-27-28-29-30-31-35-39-43-44(40-36-32-18-14-10-6-2,41-37-33-19-15-11-7-3)42-38-34-20-16-12-8-4/h24-25,43H,5-23,26-42H2,1-4H3/q+1/b25-24-. The molecular weight excluding hydrogens is 549 g/mol. The maximum Gasteiger partial charge on any atom is 0.0799 e. The molecule has 0 aliphatic rings. The summed E-state index contributed by atoms with van der Waals surface area (Å²) in [5.41, 5.74) is 0. The summed E-state index contributed by atoms with van der Waals surface area (Å²) in [5.74, 6) is 0. The van der Waals surface area contributed by atoms with E-state index in [-0.39, 0.29) is 0 Å². The molecule has 0 spiro atoms. The topological polar surface area (TPSA) is 12.0 Å². The van der Waals surface area contributed by atoms with E-state index in [0.29, 0.717) is 0 Å². The second kappa shape index (κ2) is 37.6. The average Bonchev–Trinajstić information content (AvgIpc) is 3.03. The van der Waals surface area contributed by atoms with Gasteiger partial charge in [-0.05, 0) is 70.6 Å². The second-order valence-electron chi connectivity index (χ2n) is 14.5. The summed E-state index contributed by atoms with van der Waals surface area (Å²) in [4.78, 5) is 0. The average molecular weight is 637 g/mol. The molecule has 2 heteroatoms. The molecule has 0 saturated heterocycles. The Morgan fingerprint density at radius 2 is 0.591 bits per heavy atom. The van der Waals surface area contributed by atoms with Crippen LogP contribution < -0.4 is 5.09 Å². The quantitative estimate of drug-likeness (QED) is 0.0404. The third-order valence-corrected chi connectivity index (χ3v) is 14.4. The molecule has 0 radical (unpaired) electrons. The van der Waals surface area contributed by atoms with Gasteiger partial charge in [-0.15, -0.1) is 0 Å². The van der Waals surface area contributed by atoms with Crippen LogP contribution in [0.5, 0.6) is 0 Å². The molecular formula is C42H87NP+. The Morgan fingerprint density at radius 1 is 0.318 bits per heavy atom. The molecule has 0 aromatic heterocycles. The van der Waals surface area contributed by atoms with Crippen molar-refractivity contribution in [2.45, 2.75) is 233 Å². The van der Waals surface area contributed by atoms with Crippen molar-refractivity contribution in [1.29, 1.82) is 0 Å². The molecule has 0 rings (SSSR count). The van der Waals surface area contributed by atoms with Gasteiger partial charge < -0.3 is 0 Å². The molecule has 0 bridgehead atoms. The van der Waals surface area contributed by atoms with Crippen molar-refractivity contribution < 1.29 is 0 Å². The van der Waals surface area contributed by atoms with E-state index < -0.39 is 7.41 Å². The van der Waals surface area contributed by atoms with Crippen LogP contribution in [0.25, 0.3) is 0 Å². The van der Waals surface area contributed by atoms with Crippen molar-refractivity contribution in [3.8, 4) is 0 Å². The van der Waals surface area contributed by atoms with Gasteiger partial charge in [0.1, 0.15) is 0 Å². The van der Waals surface area contributed by atoms with Crippen molar-refractivity contribution in [2.24, 2.45) is 0 Å². The Labute approximate surface area is 282 Å². The van der Waals surface area contributed by atoms with E-state index in [1.54, 1.807) is 0 Å². The smallest absolute Gasteiger partial charge is 0.0799 e. The molecule has 0 fully saturated rings. The molecule has 0 aromatic rings. The van der Waals surface area contributed by atoms with Crippen LogP contribution in [0, 0.1) is 0 Å². The fourth-order valence-corrected chi connectivity index (χ4v) is 11.1. The lowest BCUT2D eigenvalue weighted by Gasteiger charge is -2.29. The molecule has 0 heterocycles. The van der Waals surface area contributed by atoms with Gasteiger partial charge in [0.2, 0.25) is 0 Å². The lowest BCUT2D eigenvalue weighted by molar-refractivity contribution is 0.590. The van der Waals surface area contributed by atoms with E-state index in [2.05, 4.69) is 44.9 Å². The molecule has 44 heavy (non-hydrogen) atoms. The van der Waals surface area contributed by atoms with E-state index in [4.69, 9.17) is 0 Å². The van der Waals surface area contributed by atoms with Gasteiger partial charge in [-0.25, -0.2) is 0 Å². The van der Waals surface area contributed by atoms with Gasteiger partial charge in [0, 0.05) is 6.54 Å². The zero-order chi connectivity index (χ0) is 32.1. The van der Waals surface area contributed by atoms with E-state index >= 15 is 0 Å². The van der Waals surface area contributed by atoms with Crippen molar-refractivity contribution in [3.63, 3.8) is 0 Å². The van der Waals surface area contributed by atoms with Crippen molar-refractivity contribution in [3.05, 3.63) is 12.2 Å². The first-order chi connectivity index (χ1) is 21.7. The summed E-state index contributed by atoms with van der Waals surface area (Å²) in [6, 6.07) is 0. The summed E-state index contributed by atoms with van der Waals surface area (Å²) < 4.78 is 0. The van der Waals surface area contributed by atoms with Crippen LogP contribution in [0.15, 0.2) is 12.2 Å².